The molecule has 2 aromatic carbocycles. The Morgan fingerprint density at radius 3 is 2.73 bits per heavy atom. The fraction of sp³-hybridized carbons (Fsp3) is 0.350. The van der Waals surface area contributed by atoms with Gasteiger partial charge in [0.25, 0.3) is 5.91 Å². The summed E-state index contributed by atoms with van der Waals surface area (Å²) < 4.78 is 21.4. The minimum Gasteiger partial charge on any atom is -0.454 e. The average molecular weight is 357 g/mol. The van der Waals surface area contributed by atoms with Crippen LogP contribution in [-0.4, -0.2) is 32.5 Å². The molecule has 6 heteroatoms. The average Bonchev–Trinajstić information content (AvgIpc) is 3.14. The SMILES string of the molecule is CCOCCOCc1cccc(CNC(=O)c2ccc3c(c2)OCO3)c1. The van der Waals surface area contributed by atoms with Gasteiger partial charge in [-0.1, -0.05) is 24.3 Å². The molecular weight excluding hydrogens is 334 g/mol. The highest BCUT2D eigenvalue weighted by Crippen LogP contribution is 2.32. The lowest BCUT2D eigenvalue weighted by atomic mass is 10.1. The number of carbonyl (C=O) groups is 1. The maximum atomic E-state index is 12.3. The van der Waals surface area contributed by atoms with Crippen LogP contribution in [0.4, 0.5) is 0 Å². The Bertz CT molecular complexity index is 747. The largest absolute Gasteiger partial charge is 0.454 e. The molecule has 1 aliphatic rings. The van der Waals surface area contributed by atoms with E-state index < -0.39 is 0 Å². The molecule has 0 fully saturated rings. The first-order chi connectivity index (χ1) is 12.8. The van der Waals surface area contributed by atoms with Gasteiger partial charge in [-0.15, -0.1) is 0 Å². The molecule has 1 amide bonds. The molecule has 0 saturated carbocycles. The third kappa shape index (κ3) is 4.97. The van der Waals surface area contributed by atoms with E-state index in [9.17, 15) is 4.79 Å². The van der Waals surface area contributed by atoms with E-state index in [0.29, 0.717) is 50.0 Å². The van der Waals surface area contributed by atoms with Crippen molar-refractivity contribution in [2.45, 2.75) is 20.1 Å². The van der Waals surface area contributed by atoms with Gasteiger partial charge in [-0.05, 0) is 36.2 Å². The second-order valence-corrected chi connectivity index (χ2v) is 5.82. The number of ether oxygens (including phenoxy) is 4. The summed E-state index contributed by atoms with van der Waals surface area (Å²) in [5.74, 6) is 1.11. The van der Waals surface area contributed by atoms with Crippen molar-refractivity contribution in [1.82, 2.24) is 5.32 Å². The fourth-order valence-electron chi connectivity index (χ4n) is 2.60. The van der Waals surface area contributed by atoms with E-state index in [0.717, 1.165) is 11.1 Å². The summed E-state index contributed by atoms with van der Waals surface area (Å²) in [6.07, 6.45) is 0. The summed E-state index contributed by atoms with van der Waals surface area (Å²) in [7, 11) is 0. The maximum absolute atomic E-state index is 12.3. The van der Waals surface area contributed by atoms with Crippen LogP contribution >= 0.6 is 0 Å². The lowest BCUT2D eigenvalue weighted by Crippen LogP contribution is -2.22. The van der Waals surface area contributed by atoms with Gasteiger partial charge >= 0.3 is 0 Å². The minimum absolute atomic E-state index is 0.151. The van der Waals surface area contributed by atoms with Gasteiger partial charge in [0.2, 0.25) is 6.79 Å². The van der Waals surface area contributed by atoms with E-state index in [1.165, 1.54) is 0 Å². The predicted octanol–water partition coefficient (Wildman–Crippen LogP) is 2.90. The van der Waals surface area contributed by atoms with Gasteiger partial charge in [-0.25, -0.2) is 0 Å². The van der Waals surface area contributed by atoms with Crippen molar-refractivity contribution in [2.75, 3.05) is 26.6 Å². The first-order valence-corrected chi connectivity index (χ1v) is 8.67. The zero-order valence-corrected chi connectivity index (χ0v) is 14.8. The molecule has 0 bridgehead atoms. The first-order valence-electron chi connectivity index (χ1n) is 8.67. The molecular formula is C20H23NO5. The van der Waals surface area contributed by atoms with Crippen LogP contribution in [0.2, 0.25) is 0 Å². The molecule has 0 saturated heterocycles. The number of hydrogen-bond donors (Lipinski definition) is 1. The third-order valence-electron chi connectivity index (χ3n) is 3.92. The molecule has 6 nitrogen and oxygen atoms in total. The second kappa shape index (κ2) is 9.22. The normalized spacial score (nSPS) is 12.2. The van der Waals surface area contributed by atoms with Crippen LogP contribution in [-0.2, 0) is 22.6 Å². The molecule has 0 aliphatic carbocycles. The maximum Gasteiger partial charge on any atom is 0.251 e. The van der Waals surface area contributed by atoms with Gasteiger partial charge in [0.1, 0.15) is 0 Å². The van der Waals surface area contributed by atoms with Crippen LogP contribution in [0.1, 0.15) is 28.4 Å². The summed E-state index contributed by atoms with van der Waals surface area (Å²) in [6.45, 7) is 4.99. The van der Waals surface area contributed by atoms with Crippen LogP contribution in [0, 0.1) is 0 Å². The lowest BCUT2D eigenvalue weighted by Gasteiger charge is -2.09. The summed E-state index contributed by atoms with van der Waals surface area (Å²) in [5.41, 5.74) is 2.63. The number of benzene rings is 2. The molecule has 2 aromatic rings. The number of fused-ring (bicyclic) bond motifs is 1. The van der Waals surface area contributed by atoms with Crippen molar-refractivity contribution in [3.8, 4) is 11.5 Å². The summed E-state index contributed by atoms with van der Waals surface area (Å²) in [4.78, 5) is 12.3. The lowest BCUT2D eigenvalue weighted by molar-refractivity contribution is 0.0453. The zero-order chi connectivity index (χ0) is 18.2. The van der Waals surface area contributed by atoms with Gasteiger partial charge in [-0.2, -0.15) is 0 Å². The van der Waals surface area contributed by atoms with Crippen LogP contribution in [0.25, 0.3) is 0 Å². The van der Waals surface area contributed by atoms with Crippen LogP contribution < -0.4 is 14.8 Å². The van der Waals surface area contributed by atoms with E-state index in [2.05, 4.69) is 5.32 Å². The van der Waals surface area contributed by atoms with Gasteiger partial charge in [-0.3, -0.25) is 4.79 Å². The first kappa shape index (κ1) is 18.2. The fourth-order valence-corrected chi connectivity index (χ4v) is 2.60. The molecule has 0 radical (unpaired) electrons. The number of carbonyl (C=O) groups excluding carboxylic acids is 1. The Morgan fingerprint density at radius 1 is 1.04 bits per heavy atom. The Morgan fingerprint density at radius 2 is 1.85 bits per heavy atom. The third-order valence-corrected chi connectivity index (χ3v) is 3.92. The quantitative estimate of drug-likeness (QED) is 0.699. The Balaban J connectivity index is 1.49. The molecule has 1 aliphatic heterocycles. The number of hydrogen-bond acceptors (Lipinski definition) is 5. The summed E-state index contributed by atoms with van der Waals surface area (Å²) >= 11 is 0. The molecule has 0 atom stereocenters. The van der Waals surface area contributed by atoms with Crippen molar-refractivity contribution in [3.63, 3.8) is 0 Å². The van der Waals surface area contributed by atoms with Gasteiger partial charge < -0.3 is 24.3 Å². The van der Waals surface area contributed by atoms with Crippen LogP contribution in [0.5, 0.6) is 11.5 Å². The van der Waals surface area contributed by atoms with Gasteiger partial charge in [0.05, 0.1) is 19.8 Å². The Hall–Kier alpha value is -2.57. The van der Waals surface area contributed by atoms with Crippen molar-refractivity contribution >= 4 is 5.91 Å². The highest BCUT2D eigenvalue weighted by Gasteiger charge is 2.16. The smallest absolute Gasteiger partial charge is 0.251 e. The molecule has 0 aromatic heterocycles. The molecule has 138 valence electrons. The summed E-state index contributed by atoms with van der Waals surface area (Å²) in [6, 6.07) is 13.1. The van der Waals surface area contributed by atoms with Crippen molar-refractivity contribution < 1.29 is 23.7 Å². The molecule has 0 unspecified atom stereocenters. The Labute approximate surface area is 153 Å². The molecule has 1 heterocycles. The molecule has 26 heavy (non-hydrogen) atoms. The standard InChI is InChI=1S/C20H23NO5/c1-2-23-8-9-24-13-16-5-3-4-15(10-16)12-21-20(22)17-6-7-18-19(11-17)26-14-25-18/h3-7,10-11H,2,8-9,12-14H2,1H3,(H,21,22). The van der Waals surface area contributed by atoms with Gasteiger partial charge in [0.15, 0.2) is 11.5 Å². The molecule has 0 spiro atoms. The highest BCUT2D eigenvalue weighted by atomic mass is 16.7. The Kier molecular flexibility index (Phi) is 6.46. The predicted molar refractivity (Wildman–Crippen MR) is 96.3 cm³/mol. The summed E-state index contributed by atoms with van der Waals surface area (Å²) in [5, 5.41) is 2.92. The molecule has 1 N–H and O–H groups in total. The highest BCUT2D eigenvalue weighted by molar-refractivity contribution is 5.94. The number of rotatable bonds is 9. The molecule has 3 rings (SSSR count). The number of amides is 1. The topological polar surface area (TPSA) is 66.0 Å². The van der Waals surface area contributed by atoms with E-state index >= 15 is 0 Å². The monoisotopic (exact) mass is 357 g/mol. The zero-order valence-electron chi connectivity index (χ0n) is 14.8. The van der Waals surface area contributed by atoms with E-state index in [4.69, 9.17) is 18.9 Å². The van der Waals surface area contributed by atoms with Gasteiger partial charge in [0, 0.05) is 18.7 Å². The van der Waals surface area contributed by atoms with E-state index in [1.54, 1.807) is 18.2 Å². The minimum atomic E-state index is -0.151. The second-order valence-electron chi connectivity index (χ2n) is 5.82. The van der Waals surface area contributed by atoms with Crippen molar-refractivity contribution in [3.05, 3.63) is 59.2 Å². The van der Waals surface area contributed by atoms with Crippen molar-refractivity contribution in [2.24, 2.45) is 0 Å². The van der Waals surface area contributed by atoms with Crippen LogP contribution in [0.15, 0.2) is 42.5 Å². The van der Waals surface area contributed by atoms with Crippen molar-refractivity contribution in [1.29, 1.82) is 0 Å². The number of nitrogens with one attached hydrogen (secondary N) is 1. The van der Waals surface area contributed by atoms with E-state index in [-0.39, 0.29) is 12.7 Å². The van der Waals surface area contributed by atoms with E-state index in [1.807, 2.05) is 31.2 Å². The van der Waals surface area contributed by atoms with Crippen LogP contribution in [0.3, 0.4) is 0 Å².